The lowest BCUT2D eigenvalue weighted by molar-refractivity contribution is -0.146. The van der Waals surface area contributed by atoms with Crippen molar-refractivity contribution >= 4 is 34.4 Å². The molecule has 186 valence electrons. The summed E-state index contributed by atoms with van der Waals surface area (Å²) in [5.74, 6) is -0.979. The molecule has 0 fully saturated rings. The maximum absolute atomic E-state index is 13.1. The molecule has 1 heterocycles. The molecule has 3 aromatic rings. The number of hydrogen-bond acceptors (Lipinski definition) is 5. The number of aromatic nitrogens is 1. The Morgan fingerprint density at radius 2 is 1.69 bits per heavy atom. The predicted octanol–water partition coefficient (Wildman–Crippen LogP) is 4.18. The van der Waals surface area contributed by atoms with E-state index in [9.17, 15) is 14.4 Å². The molecule has 0 saturated carbocycles. The molecule has 35 heavy (non-hydrogen) atoms. The van der Waals surface area contributed by atoms with Gasteiger partial charge in [-0.1, -0.05) is 29.8 Å². The number of carbonyl (C=O) groups excluding carboxylic acids is 2. The van der Waals surface area contributed by atoms with E-state index in [4.69, 9.17) is 16.3 Å². The number of nitrogens with one attached hydrogen (secondary N) is 2. The zero-order valence-electron chi connectivity index (χ0n) is 20.5. The Hall–Kier alpha value is -3.16. The van der Waals surface area contributed by atoms with Crippen LogP contribution in [0.3, 0.4) is 0 Å². The first kappa shape index (κ1) is 26.4. The zero-order chi connectivity index (χ0) is 25.5. The number of hydrogen-bond donors (Lipinski definition) is 2. The van der Waals surface area contributed by atoms with E-state index in [1.54, 1.807) is 30.3 Å². The van der Waals surface area contributed by atoms with Crippen molar-refractivity contribution in [3.8, 4) is 0 Å². The Balaban J connectivity index is 1.83. The summed E-state index contributed by atoms with van der Waals surface area (Å²) in [6.45, 7) is 9.14. The first-order valence-corrected chi connectivity index (χ1v) is 12.1. The summed E-state index contributed by atoms with van der Waals surface area (Å²) in [4.78, 5) is 43.3. The SMILES string of the molecule is CC(C)N(CCOC(=O)C(Cc1cc(=O)[nH]c2ccccc12)NC(=O)c1ccc(Cl)cc1)C(C)C. The van der Waals surface area contributed by atoms with Gasteiger partial charge in [0.15, 0.2) is 0 Å². The molecule has 0 aliphatic heterocycles. The highest BCUT2D eigenvalue weighted by Gasteiger charge is 2.25. The van der Waals surface area contributed by atoms with Gasteiger partial charge in [-0.05, 0) is 63.6 Å². The van der Waals surface area contributed by atoms with Gasteiger partial charge in [0.25, 0.3) is 5.91 Å². The molecule has 0 radical (unpaired) electrons. The molecule has 0 aliphatic carbocycles. The topological polar surface area (TPSA) is 91.5 Å². The van der Waals surface area contributed by atoms with E-state index in [1.807, 2.05) is 18.2 Å². The monoisotopic (exact) mass is 497 g/mol. The lowest BCUT2D eigenvalue weighted by atomic mass is 10.0. The minimum Gasteiger partial charge on any atom is -0.463 e. The number of halogens is 1. The van der Waals surface area contributed by atoms with Gasteiger partial charge < -0.3 is 15.0 Å². The Morgan fingerprint density at radius 3 is 2.34 bits per heavy atom. The number of benzene rings is 2. The standard InChI is InChI=1S/C27H32ClN3O4/c1-17(2)31(18(3)4)13-14-35-27(34)24(30-26(33)19-9-11-21(28)12-10-19)15-20-16-25(32)29-23-8-6-5-7-22(20)23/h5-12,16-18,24H,13-15H2,1-4H3,(H,29,32)(H,30,33). The Labute approximate surface area is 210 Å². The van der Waals surface area contributed by atoms with Crippen LogP contribution in [0.1, 0.15) is 43.6 Å². The second-order valence-corrected chi connectivity index (χ2v) is 9.47. The highest BCUT2D eigenvalue weighted by atomic mass is 35.5. The molecule has 0 saturated heterocycles. The van der Waals surface area contributed by atoms with Crippen molar-refractivity contribution in [3.63, 3.8) is 0 Å². The first-order chi connectivity index (χ1) is 16.7. The molecular weight excluding hydrogens is 466 g/mol. The molecule has 8 heteroatoms. The van der Waals surface area contributed by atoms with Crippen molar-refractivity contribution < 1.29 is 14.3 Å². The van der Waals surface area contributed by atoms with Crippen molar-refractivity contribution in [2.45, 2.75) is 52.2 Å². The lowest BCUT2D eigenvalue weighted by Crippen LogP contribution is -2.45. The second kappa shape index (κ2) is 12.0. The summed E-state index contributed by atoms with van der Waals surface area (Å²) in [6, 6.07) is 14.8. The van der Waals surface area contributed by atoms with Crippen LogP contribution in [-0.2, 0) is 16.0 Å². The minimum atomic E-state index is -0.977. The number of rotatable bonds is 10. The van der Waals surface area contributed by atoms with Crippen LogP contribution in [0.4, 0.5) is 0 Å². The Morgan fingerprint density at radius 1 is 1.03 bits per heavy atom. The van der Waals surface area contributed by atoms with E-state index >= 15 is 0 Å². The summed E-state index contributed by atoms with van der Waals surface area (Å²) in [5, 5.41) is 4.10. The molecule has 0 bridgehead atoms. The number of nitrogens with zero attached hydrogens (tertiary/aromatic N) is 1. The minimum absolute atomic E-state index is 0.112. The normalized spacial score (nSPS) is 12.3. The summed E-state index contributed by atoms with van der Waals surface area (Å²) in [5.41, 5.74) is 1.40. The average molecular weight is 498 g/mol. The van der Waals surface area contributed by atoms with Crippen LogP contribution >= 0.6 is 11.6 Å². The fourth-order valence-electron chi connectivity index (χ4n) is 4.17. The summed E-state index contributed by atoms with van der Waals surface area (Å²) in [6.07, 6.45) is 0.112. The lowest BCUT2D eigenvalue weighted by Gasteiger charge is -2.30. The molecule has 1 aromatic heterocycles. The number of ether oxygens (including phenoxy) is 1. The quantitative estimate of drug-likeness (QED) is 0.410. The number of pyridine rings is 1. The third-order valence-electron chi connectivity index (χ3n) is 5.88. The first-order valence-electron chi connectivity index (χ1n) is 11.8. The number of carbonyl (C=O) groups is 2. The van der Waals surface area contributed by atoms with Crippen LogP contribution in [0.15, 0.2) is 59.4 Å². The average Bonchev–Trinajstić information content (AvgIpc) is 2.81. The fraction of sp³-hybridized carbons (Fsp3) is 0.370. The van der Waals surface area contributed by atoms with Crippen LogP contribution in [0.5, 0.6) is 0 Å². The van der Waals surface area contributed by atoms with E-state index in [0.717, 1.165) is 5.39 Å². The molecule has 0 spiro atoms. The number of fused-ring (bicyclic) bond motifs is 1. The van der Waals surface area contributed by atoms with Crippen LogP contribution in [-0.4, -0.2) is 53.0 Å². The predicted molar refractivity (Wildman–Crippen MR) is 139 cm³/mol. The molecular formula is C27H32ClN3O4. The van der Waals surface area contributed by atoms with E-state index in [0.29, 0.717) is 40.3 Å². The molecule has 1 unspecified atom stereocenters. The smallest absolute Gasteiger partial charge is 0.329 e. The Kier molecular flexibility index (Phi) is 9.07. The van der Waals surface area contributed by atoms with Gasteiger partial charge in [-0.25, -0.2) is 4.79 Å². The number of H-pyrrole nitrogens is 1. The maximum Gasteiger partial charge on any atom is 0.329 e. The third kappa shape index (κ3) is 7.16. The highest BCUT2D eigenvalue weighted by molar-refractivity contribution is 6.30. The van der Waals surface area contributed by atoms with Crippen LogP contribution < -0.4 is 10.9 Å². The van der Waals surface area contributed by atoms with Crippen molar-refractivity contribution in [1.82, 2.24) is 15.2 Å². The van der Waals surface area contributed by atoms with Crippen LogP contribution in [0, 0.1) is 0 Å². The number of amides is 1. The number of aromatic amines is 1. The van der Waals surface area contributed by atoms with Gasteiger partial charge in [-0.3, -0.25) is 14.5 Å². The second-order valence-electron chi connectivity index (χ2n) is 9.03. The molecule has 1 amide bonds. The number of esters is 1. The van der Waals surface area contributed by atoms with Gasteiger partial charge in [0.2, 0.25) is 5.56 Å². The van der Waals surface area contributed by atoms with E-state index in [2.05, 4.69) is 42.9 Å². The summed E-state index contributed by atoms with van der Waals surface area (Å²) < 4.78 is 5.60. The largest absolute Gasteiger partial charge is 0.463 e. The van der Waals surface area contributed by atoms with E-state index < -0.39 is 17.9 Å². The highest BCUT2D eigenvalue weighted by Crippen LogP contribution is 2.17. The molecule has 1 atom stereocenters. The van der Waals surface area contributed by atoms with Crippen molar-refractivity contribution in [3.05, 3.63) is 81.1 Å². The van der Waals surface area contributed by atoms with Crippen LogP contribution in [0.2, 0.25) is 5.02 Å². The van der Waals surface area contributed by atoms with Gasteiger partial charge in [-0.15, -0.1) is 0 Å². The van der Waals surface area contributed by atoms with E-state index in [1.165, 1.54) is 6.07 Å². The molecule has 2 N–H and O–H groups in total. The Bertz CT molecular complexity index is 1210. The zero-order valence-corrected chi connectivity index (χ0v) is 21.3. The molecule has 0 aliphatic rings. The van der Waals surface area contributed by atoms with Gasteiger partial charge in [0, 0.05) is 52.6 Å². The third-order valence-corrected chi connectivity index (χ3v) is 6.13. The molecule has 7 nitrogen and oxygen atoms in total. The van der Waals surface area contributed by atoms with Crippen molar-refractivity contribution in [2.24, 2.45) is 0 Å². The van der Waals surface area contributed by atoms with Gasteiger partial charge >= 0.3 is 5.97 Å². The summed E-state index contributed by atoms with van der Waals surface area (Å²) >= 11 is 5.93. The van der Waals surface area contributed by atoms with Gasteiger partial charge in [0.05, 0.1) is 0 Å². The fourth-order valence-corrected chi connectivity index (χ4v) is 4.29. The van der Waals surface area contributed by atoms with Crippen LogP contribution in [0.25, 0.3) is 10.9 Å². The van der Waals surface area contributed by atoms with E-state index in [-0.39, 0.29) is 18.6 Å². The van der Waals surface area contributed by atoms with Gasteiger partial charge in [0.1, 0.15) is 12.6 Å². The summed E-state index contributed by atoms with van der Waals surface area (Å²) in [7, 11) is 0. The van der Waals surface area contributed by atoms with Crippen molar-refractivity contribution in [2.75, 3.05) is 13.2 Å². The molecule has 2 aromatic carbocycles. The maximum atomic E-state index is 13.1. The number of para-hydroxylation sites is 1. The van der Waals surface area contributed by atoms with Gasteiger partial charge in [-0.2, -0.15) is 0 Å². The molecule has 3 rings (SSSR count). The van der Waals surface area contributed by atoms with Crippen molar-refractivity contribution in [1.29, 1.82) is 0 Å².